The zero-order valence-corrected chi connectivity index (χ0v) is 13.0. The van der Waals surface area contributed by atoms with Crippen LogP contribution in [0.3, 0.4) is 0 Å². The SMILES string of the molecule is Cc1ccc(B2OC(C)(C)C(C)(C)O2)c(C2COC2)c1. The predicted molar refractivity (Wildman–Crippen MR) is 80.5 cm³/mol. The van der Waals surface area contributed by atoms with Crippen LogP contribution in [0.2, 0.25) is 0 Å². The summed E-state index contributed by atoms with van der Waals surface area (Å²) in [5, 5.41) is 0. The minimum absolute atomic E-state index is 0.281. The van der Waals surface area contributed by atoms with Gasteiger partial charge in [0.25, 0.3) is 0 Å². The third-order valence-electron chi connectivity index (χ3n) is 4.83. The molecule has 2 aliphatic heterocycles. The molecule has 0 N–H and O–H groups in total. The highest BCUT2D eigenvalue weighted by atomic mass is 16.7. The van der Waals surface area contributed by atoms with Gasteiger partial charge in [0.15, 0.2) is 0 Å². The molecule has 0 amide bonds. The van der Waals surface area contributed by atoms with Crippen molar-refractivity contribution in [3.05, 3.63) is 29.3 Å². The molecule has 2 fully saturated rings. The van der Waals surface area contributed by atoms with E-state index in [0.717, 1.165) is 18.7 Å². The highest BCUT2D eigenvalue weighted by Crippen LogP contribution is 2.37. The number of hydrogen-bond donors (Lipinski definition) is 0. The lowest BCUT2D eigenvalue weighted by molar-refractivity contribution is 0.00578. The molecule has 3 rings (SSSR count). The molecular weight excluding hydrogens is 251 g/mol. The summed E-state index contributed by atoms with van der Waals surface area (Å²) in [4.78, 5) is 0. The summed E-state index contributed by atoms with van der Waals surface area (Å²) in [5.74, 6) is 0.476. The minimum Gasteiger partial charge on any atom is -0.399 e. The van der Waals surface area contributed by atoms with E-state index in [1.165, 1.54) is 11.1 Å². The molecule has 0 atom stereocenters. The van der Waals surface area contributed by atoms with E-state index >= 15 is 0 Å². The molecule has 2 saturated heterocycles. The molecule has 0 saturated carbocycles. The van der Waals surface area contributed by atoms with Gasteiger partial charge in [-0.05, 0) is 45.6 Å². The molecule has 4 heteroatoms. The van der Waals surface area contributed by atoms with Gasteiger partial charge in [-0.25, -0.2) is 0 Å². The van der Waals surface area contributed by atoms with Crippen LogP contribution in [0, 0.1) is 6.92 Å². The van der Waals surface area contributed by atoms with Gasteiger partial charge in [-0.3, -0.25) is 0 Å². The van der Waals surface area contributed by atoms with Gasteiger partial charge in [-0.1, -0.05) is 23.8 Å². The van der Waals surface area contributed by atoms with E-state index < -0.39 is 0 Å². The van der Waals surface area contributed by atoms with Gasteiger partial charge in [-0.15, -0.1) is 0 Å². The van der Waals surface area contributed by atoms with Crippen molar-refractivity contribution >= 4 is 12.6 Å². The average Bonchev–Trinajstić information content (AvgIpc) is 2.45. The fourth-order valence-corrected chi connectivity index (χ4v) is 2.65. The normalized spacial score (nSPS) is 24.8. The first kappa shape index (κ1) is 14.1. The lowest BCUT2D eigenvalue weighted by Crippen LogP contribution is -2.41. The highest BCUT2D eigenvalue weighted by molar-refractivity contribution is 6.62. The molecule has 0 aromatic heterocycles. The Labute approximate surface area is 121 Å². The highest BCUT2D eigenvalue weighted by Gasteiger charge is 2.52. The lowest BCUT2D eigenvalue weighted by atomic mass is 9.72. The van der Waals surface area contributed by atoms with Gasteiger partial charge < -0.3 is 14.0 Å². The Kier molecular flexibility index (Phi) is 3.24. The summed E-state index contributed by atoms with van der Waals surface area (Å²) < 4.78 is 17.7. The van der Waals surface area contributed by atoms with Crippen LogP contribution in [0.1, 0.15) is 44.7 Å². The molecule has 2 heterocycles. The molecule has 0 unspecified atom stereocenters. The molecule has 0 bridgehead atoms. The summed E-state index contributed by atoms with van der Waals surface area (Å²) in [7, 11) is -0.281. The Balaban J connectivity index is 1.95. The Hall–Kier alpha value is -0.835. The van der Waals surface area contributed by atoms with Crippen molar-refractivity contribution in [1.29, 1.82) is 0 Å². The third-order valence-corrected chi connectivity index (χ3v) is 4.83. The van der Waals surface area contributed by atoms with Crippen molar-refractivity contribution in [3.8, 4) is 0 Å². The van der Waals surface area contributed by atoms with E-state index in [4.69, 9.17) is 14.0 Å². The molecule has 2 aliphatic rings. The van der Waals surface area contributed by atoms with Crippen molar-refractivity contribution in [1.82, 2.24) is 0 Å². The monoisotopic (exact) mass is 274 g/mol. The van der Waals surface area contributed by atoms with Crippen LogP contribution in [0.25, 0.3) is 0 Å². The van der Waals surface area contributed by atoms with Crippen LogP contribution in [0.5, 0.6) is 0 Å². The van der Waals surface area contributed by atoms with Crippen LogP contribution >= 0.6 is 0 Å². The van der Waals surface area contributed by atoms with Crippen molar-refractivity contribution in [3.63, 3.8) is 0 Å². The lowest BCUT2D eigenvalue weighted by Gasteiger charge is -2.32. The molecular formula is C16H23BO3. The van der Waals surface area contributed by atoms with E-state index in [9.17, 15) is 0 Å². The number of ether oxygens (including phenoxy) is 1. The fraction of sp³-hybridized carbons (Fsp3) is 0.625. The van der Waals surface area contributed by atoms with Crippen LogP contribution in [0.15, 0.2) is 18.2 Å². The van der Waals surface area contributed by atoms with Gasteiger partial charge in [0, 0.05) is 5.92 Å². The Morgan fingerprint density at radius 1 is 1.05 bits per heavy atom. The minimum atomic E-state index is -0.296. The largest absolute Gasteiger partial charge is 0.495 e. The second kappa shape index (κ2) is 4.59. The molecule has 108 valence electrons. The van der Waals surface area contributed by atoms with Crippen LogP contribution in [0.4, 0.5) is 0 Å². The van der Waals surface area contributed by atoms with Crippen LogP contribution in [-0.4, -0.2) is 31.5 Å². The number of hydrogen-bond acceptors (Lipinski definition) is 3. The molecule has 0 spiro atoms. The average molecular weight is 274 g/mol. The van der Waals surface area contributed by atoms with E-state index in [1.54, 1.807) is 0 Å². The summed E-state index contributed by atoms with van der Waals surface area (Å²) in [5.41, 5.74) is 3.15. The maximum Gasteiger partial charge on any atom is 0.495 e. The smallest absolute Gasteiger partial charge is 0.399 e. The standard InChI is InChI=1S/C16H23BO3/c1-11-6-7-14(13(8-11)12-9-18-10-12)17-19-15(2,3)16(4,5)20-17/h6-8,12H,9-10H2,1-5H3. The van der Waals surface area contributed by atoms with Crippen LogP contribution < -0.4 is 5.46 Å². The zero-order valence-electron chi connectivity index (χ0n) is 13.0. The second-order valence-corrected chi connectivity index (χ2v) is 6.96. The van der Waals surface area contributed by atoms with Crippen molar-refractivity contribution in [2.75, 3.05) is 13.2 Å². The summed E-state index contributed by atoms with van der Waals surface area (Å²) >= 11 is 0. The maximum atomic E-state index is 6.19. The van der Waals surface area contributed by atoms with Gasteiger partial charge in [0.05, 0.1) is 24.4 Å². The Bertz CT molecular complexity index is 504. The summed E-state index contributed by atoms with van der Waals surface area (Å²) in [6.45, 7) is 12.1. The first-order valence-corrected chi connectivity index (χ1v) is 7.34. The first-order valence-electron chi connectivity index (χ1n) is 7.34. The topological polar surface area (TPSA) is 27.7 Å². The molecule has 1 aromatic rings. The zero-order chi connectivity index (χ0) is 14.5. The van der Waals surface area contributed by atoms with Crippen molar-refractivity contribution in [2.45, 2.75) is 51.7 Å². The second-order valence-electron chi connectivity index (χ2n) is 6.96. The Morgan fingerprint density at radius 2 is 1.65 bits per heavy atom. The third kappa shape index (κ3) is 2.20. The predicted octanol–water partition coefficient (Wildman–Crippen LogP) is 2.41. The van der Waals surface area contributed by atoms with E-state index in [-0.39, 0.29) is 18.3 Å². The van der Waals surface area contributed by atoms with E-state index in [0.29, 0.717) is 5.92 Å². The van der Waals surface area contributed by atoms with Gasteiger partial charge in [0.2, 0.25) is 0 Å². The van der Waals surface area contributed by atoms with Gasteiger partial charge in [-0.2, -0.15) is 0 Å². The number of rotatable bonds is 2. The molecule has 20 heavy (non-hydrogen) atoms. The fourth-order valence-electron chi connectivity index (χ4n) is 2.65. The van der Waals surface area contributed by atoms with E-state index in [2.05, 4.69) is 52.8 Å². The van der Waals surface area contributed by atoms with Crippen molar-refractivity contribution < 1.29 is 14.0 Å². The molecule has 3 nitrogen and oxygen atoms in total. The van der Waals surface area contributed by atoms with Gasteiger partial charge in [0.1, 0.15) is 0 Å². The summed E-state index contributed by atoms with van der Waals surface area (Å²) in [6, 6.07) is 6.52. The maximum absolute atomic E-state index is 6.19. The molecule has 1 aromatic carbocycles. The first-order chi connectivity index (χ1) is 9.30. The Morgan fingerprint density at radius 3 is 2.15 bits per heavy atom. The van der Waals surface area contributed by atoms with Crippen molar-refractivity contribution in [2.24, 2.45) is 0 Å². The van der Waals surface area contributed by atoms with E-state index in [1.807, 2.05) is 0 Å². The number of benzene rings is 1. The quantitative estimate of drug-likeness (QED) is 0.775. The molecule has 0 aliphatic carbocycles. The van der Waals surface area contributed by atoms with Gasteiger partial charge >= 0.3 is 7.12 Å². The molecule has 0 radical (unpaired) electrons. The summed E-state index contributed by atoms with van der Waals surface area (Å²) in [6.07, 6.45) is 0. The number of aryl methyl sites for hydroxylation is 1. The van der Waals surface area contributed by atoms with Crippen LogP contribution in [-0.2, 0) is 14.0 Å².